The Hall–Kier alpha value is 0.320. The number of halogens is 1. The molecule has 1 saturated carbocycles. The van der Waals surface area contributed by atoms with Crippen LogP contribution >= 0.6 is 15.9 Å². The Kier molecular flexibility index (Phi) is 7.62. The third-order valence-corrected chi connectivity index (χ3v) is 3.54. The van der Waals surface area contributed by atoms with E-state index in [1.54, 1.807) is 7.11 Å². The van der Waals surface area contributed by atoms with Crippen molar-refractivity contribution in [2.24, 2.45) is 0 Å². The van der Waals surface area contributed by atoms with Crippen LogP contribution < -0.4 is 0 Å². The van der Waals surface area contributed by atoms with Gasteiger partial charge in [-0.1, -0.05) is 15.9 Å². The SMILES string of the molecule is COCCOC1C(Br)CC1OCCOC(C)C. The van der Waals surface area contributed by atoms with Crippen LogP contribution in [-0.4, -0.2) is 56.7 Å². The lowest BCUT2D eigenvalue weighted by atomic mass is 9.91. The number of methoxy groups -OCH3 is 1. The third kappa shape index (κ3) is 5.66. The molecule has 3 unspecified atom stereocenters. The molecule has 0 heterocycles. The molecule has 1 aliphatic carbocycles. The topological polar surface area (TPSA) is 36.9 Å². The first-order valence-corrected chi connectivity index (χ1v) is 7.04. The van der Waals surface area contributed by atoms with E-state index < -0.39 is 0 Å². The quantitative estimate of drug-likeness (QED) is 0.482. The molecule has 4 nitrogen and oxygen atoms in total. The summed E-state index contributed by atoms with van der Waals surface area (Å²) in [5.41, 5.74) is 0. The van der Waals surface area contributed by atoms with Crippen LogP contribution in [0.5, 0.6) is 0 Å². The van der Waals surface area contributed by atoms with E-state index in [0.717, 1.165) is 6.42 Å². The Balaban J connectivity index is 2.07. The highest BCUT2D eigenvalue weighted by Crippen LogP contribution is 2.33. The lowest BCUT2D eigenvalue weighted by Crippen LogP contribution is -2.51. The van der Waals surface area contributed by atoms with Gasteiger partial charge in [0.05, 0.1) is 44.7 Å². The van der Waals surface area contributed by atoms with Crippen molar-refractivity contribution >= 4 is 15.9 Å². The van der Waals surface area contributed by atoms with Gasteiger partial charge in [0.15, 0.2) is 0 Å². The largest absolute Gasteiger partial charge is 0.382 e. The van der Waals surface area contributed by atoms with Crippen LogP contribution in [0.3, 0.4) is 0 Å². The van der Waals surface area contributed by atoms with Crippen LogP contribution in [0.25, 0.3) is 0 Å². The van der Waals surface area contributed by atoms with Crippen molar-refractivity contribution in [1.29, 1.82) is 0 Å². The molecule has 102 valence electrons. The predicted octanol–water partition coefficient (Wildman–Crippen LogP) is 2.00. The van der Waals surface area contributed by atoms with Gasteiger partial charge in [-0.15, -0.1) is 0 Å². The van der Waals surface area contributed by atoms with Crippen LogP contribution in [0, 0.1) is 0 Å². The fourth-order valence-corrected chi connectivity index (χ4v) is 2.51. The normalized spacial score (nSPS) is 28.4. The van der Waals surface area contributed by atoms with Gasteiger partial charge in [-0.2, -0.15) is 0 Å². The number of hydrogen-bond acceptors (Lipinski definition) is 4. The Labute approximate surface area is 112 Å². The molecule has 0 bridgehead atoms. The Bertz CT molecular complexity index is 201. The monoisotopic (exact) mass is 310 g/mol. The van der Waals surface area contributed by atoms with Gasteiger partial charge in [-0.3, -0.25) is 0 Å². The molecule has 17 heavy (non-hydrogen) atoms. The lowest BCUT2D eigenvalue weighted by Gasteiger charge is -2.40. The molecule has 0 amide bonds. The number of alkyl halides is 1. The first-order chi connectivity index (χ1) is 8.15. The number of ether oxygens (including phenoxy) is 4. The van der Waals surface area contributed by atoms with E-state index in [4.69, 9.17) is 18.9 Å². The molecule has 0 aromatic rings. The molecule has 0 saturated heterocycles. The number of rotatable bonds is 9. The minimum atomic E-state index is 0.143. The van der Waals surface area contributed by atoms with Crippen molar-refractivity contribution in [2.45, 2.75) is 43.4 Å². The van der Waals surface area contributed by atoms with E-state index >= 15 is 0 Å². The summed E-state index contributed by atoms with van der Waals surface area (Å²) in [6.07, 6.45) is 1.59. The zero-order chi connectivity index (χ0) is 12.7. The van der Waals surface area contributed by atoms with E-state index in [1.807, 2.05) is 13.8 Å². The maximum Gasteiger partial charge on any atom is 0.0963 e. The first-order valence-electron chi connectivity index (χ1n) is 6.13. The second-order valence-electron chi connectivity index (χ2n) is 4.41. The van der Waals surface area contributed by atoms with Gasteiger partial charge < -0.3 is 18.9 Å². The number of hydrogen-bond donors (Lipinski definition) is 0. The molecule has 0 aromatic carbocycles. The van der Waals surface area contributed by atoms with Crippen molar-refractivity contribution in [3.05, 3.63) is 0 Å². The van der Waals surface area contributed by atoms with E-state index in [2.05, 4.69) is 15.9 Å². The lowest BCUT2D eigenvalue weighted by molar-refractivity contribution is -0.135. The predicted molar refractivity (Wildman–Crippen MR) is 69.8 cm³/mol. The molecule has 1 aliphatic rings. The second kappa shape index (κ2) is 8.43. The summed E-state index contributed by atoms with van der Waals surface area (Å²) in [6.45, 7) is 6.56. The summed E-state index contributed by atoms with van der Waals surface area (Å²) in [7, 11) is 1.67. The van der Waals surface area contributed by atoms with Gasteiger partial charge in [-0.25, -0.2) is 0 Å². The molecular weight excluding hydrogens is 288 g/mol. The molecule has 0 radical (unpaired) electrons. The standard InChI is InChI=1S/C12H23BrO4/c1-9(2)15-6-7-16-11-8-10(13)12(11)17-5-4-14-3/h9-12H,4-8H2,1-3H3. The van der Waals surface area contributed by atoms with Gasteiger partial charge in [0.25, 0.3) is 0 Å². The molecule has 1 rings (SSSR count). The van der Waals surface area contributed by atoms with Gasteiger partial charge in [0.1, 0.15) is 0 Å². The summed E-state index contributed by atoms with van der Waals surface area (Å²) in [5.74, 6) is 0. The van der Waals surface area contributed by atoms with Crippen LogP contribution in [0.2, 0.25) is 0 Å². The second-order valence-corrected chi connectivity index (χ2v) is 5.58. The fourth-order valence-electron chi connectivity index (χ4n) is 1.65. The summed E-state index contributed by atoms with van der Waals surface area (Å²) in [6, 6.07) is 0. The Morgan fingerprint density at radius 3 is 2.41 bits per heavy atom. The molecule has 3 atom stereocenters. The highest BCUT2D eigenvalue weighted by Gasteiger charge is 2.41. The van der Waals surface area contributed by atoms with Crippen molar-refractivity contribution in [3.63, 3.8) is 0 Å². The van der Waals surface area contributed by atoms with E-state index in [1.165, 1.54) is 0 Å². The smallest absolute Gasteiger partial charge is 0.0963 e. The zero-order valence-electron chi connectivity index (χ0n) is 10.9. The summed E-state index contributed by atoms with van der Waals surface area (Å²) in [5, 5.41) is 0. The minimum absolute atomic E-state index is 0.143. The summed E-state index contributed by atoms with van der Waals surface area (Å²) < 4.78 is 21.8. The highest BCUT2D eigenvalue weighted by molar-refractivity contribution is 9.09. The first kappa shape index (κ1) is 15.4. The van der Waals surface area contributed by atoms with Crippen LogP contribution in [-0.2, 0) is 18.9 Å². The summed E-state index contributed by atoms with van der Waals surface area (Å²) >= 11 is 3.57. The van der Waals surface area contributed by atoms with Crippen molar-refractivity contribution in [3.8, 4) is 0 Å². The van der Waals surface area contributed by atoms with E-state index in [9.17, 15) is 0 Å². The van der Waals surface area contributed by atoms with Crippen molar-refractivity contribution < 1.29 is 18.9 Å². The molecule has 0 N–H and O–H groups in total. The Morgan fingerprint density at radius 1 is 1.12 bits per heavy atom. The van der Waals surface area contributed by atoms with Gasteiger partial charge in [-0.05, 0) is 20.3 Å². The van der Waals surface area contributed by atoms with Gasteiger partial charge in [0, 0.05) is 11.9 Å². The van der Waals surface area contributed by atoms with Crippen LogP contribution in [0.15, 0.2) is 0 Å². The maximum absolute atomic E-state index is 5.72. The maximum atomic E-state index is 5.72. The van der Waals surface area contributed by atoms with Crippen molar-refractivity contribution in [1.82, 2.24) is 0 Å². The molecular formula is C12H23BrO4. The average molecular weight is 311 g/mol. The zero-order valence-corrected chi connectivity index (χ0v) is 12.4. The molecule has 5 heteroatoms. The van der Waals surface area contributed by atoms with Gasteiger partial charge >= 0.3 is 0 Å². The summed E-state index contributed by atoms with van der Waals surface area (Å²) in [4.78, 5) is 0.398. The molecule has 0 aromatic heterocycles. The third-order valence-electron chi connectivity index (χ3n) is 2.64. The Morgan fingerprint density at radius 2 is 1.82 bits per heavy atom. The van der Waals surface area contributed by atoms with E-state index in [-0.39, 0.29) is 18.3 Å². The molecule has 0 aliphatic heterocycles. The van der Waals surface area contributed by atoms with Crippen LogP contribution in [0.4, 0.5) is 0 Å². The highest BCUT2D eigenvalue weighted by atomic mass is 79.9. The van der Waals surface area contributed by atoms with Gasteiger partial charge in [0.2, 0.25) is 0 Å². The van der Waals surface area contributed by atoms with Crippen molar-refractivity contribution in [2.75, 3.05) is 33.5 Å². The molecule has 0 spiro atoms. The van der Waals surface area contributed by atoms with E-state index in [0.29, 0.717) is 31.3 Å². The average Bonchev–Trinajstić information content (AvgIpc) is 2.28. The minimum Gasteiger partial charge on any atom is -0.382 e. The molecule has 1 fully saturated rings. The fraction of sp³-hybridized carbons (Fsp3) is 1.00. The van der Waals surface area contributed by atoms with Crippen LogP contribution in [0.1, 0.15) is 20.3 Å².